The fourth-order valence-electron chi connectivity index (χ4n) is 2.23. The summed E-state index contributed by atoms with van der Waals surface area (Å²) in [6.45, 7) is 5.04. The summed E-state index contributed by atoms with van der Waals surface area (Å²) in [6.07, 6.45) is 5.59. The molecule has 15 heavy (non-hydrogen) atoms. The van der Waals surface area contributed by atoms with Crippen molar-refractivity contribution in [3.8, 4) is 0 Å². The van der Waals surface area contributed by atoms with Crippen molar-refractivity contribution in [1.82, 2.24) is 4.90 Å². The van der Waals surface area contributed by atoms with Gasteiger partial charge in [0.05, 0.1) is 18.6 Å². The highest BCUT2D eigenvalue weighted by molar-refractivity contribution is 5.05. The van der Waals surface area contributed by atoms with E-state index < -0.39 is 0 Å². The normalized spacial score (nSPS) is 21.7. The number of hydrogen-bond donors (Lipinski definition) is 1. The lowest BCUT2D eigenvalue weighted by Gasteiger charge is -2.32. The maximum atomic E-state index is 9.49. The molecule has 1 aromatic heterocycles. The van der Waals surface area contributed by atoms with Gasteiger partial charge in [0.25, 0.3) is 0 Å². The molecular formula is C12H19NO2. The van der Waals surface area contributed by atoms with E-state index in [1.54, 1.807) is 12.5 Å². The maximum absolute atomic E-state index is 9.49. The monoisotopic (exact) mass is 209 g/mol. The third kappa shape index (κ3) is 2.83. The van der Waals surface area contributed by atoms with Crippen molar-refractivity contribution in [3.05, 3.63) is 24.2 Å². The van der Waals surface area contributed by atoms with E-state index >= 15 is 0 Å². The standard InChI is InChI=1S/C12H19NO2/c1-10(14)12-2-5-13(6-3-12)8-11-4-7-15-9-11/h4,7,9-10,12,14H,2-3,5-6,8H2,1H3. The topological polar surface area (TPSA) is 36.6 Å². The van der Waals surface area contributed by atoms with Crippen LogP contribution in [-0.4, -0.2) is 29.2 Å². The third-order valence-corrected chi connectivity index (χ3v) is 3.30. The van der Waals surface area contributed by atoms with Crippen molar-refractivity contribution in [3.63, 3.8) is 0 Å². The summed E-state index contributed by atoms with van der Waals surface area (Å²) in [5.41, 5.74) is 1.24. The average molecular weight is 209 g/mol. The molecule has 0 aromatic carbocycles. The van der Waals surface area contributed by atoms with Crippen LogP contribution in [0.15, 0.2) is 23.0 Å². The number of aliphatic hydroxyl groups excluding tert-OH is 1. The number of rotatable bonds is 3. The third-order valence-electron chi connectivity index (χ3n) is 3.30. The van der Waals surface area contributed by atoms with Crippen molar-refractivity contribution < 1.29 is 9.52 Å². The molecule has 0 bridgehead atoms. The van der Waals surface area contributed by atoms with E-state index in [4.69, 9.17) is 4.42 Å². The van der Waals surface area contributed by atoms with Gasteiger partial charge in [-0.15, -0.1) is 0 Å². The first kappa shape index (κ1) is 10.7. The van der Waals surface area contributed by atoms with Crippen molar-refractivity contribution in [2.75, 3.05) is 13.1 Å². The lowest BCUT2D eigenvalue weighted by Crippen LogP contribution is -2.36. The van der Waals surface area contributed by atoms with Crippen LogP contribution in [-0.2, 0) is 6.54 Å². The zero-order valence-corrected chi connectivity index (χ0v) is 9.22. The Bertz CT molecular complexity index is 274. The van der Waals surface area contributed by atoms with Gasteiger partial charge in [0.1, 0.15) is 0 Å². The molecule has 2 heterocycles. The van der Waals surface area contributed by atoms with Crippen LogP contribution < -0.4 is 0 Å². The van der Waals surface area contributed by atoms with Gasteiger partial charge in [-0.05, 0) is 44.8 Å². The average Bonchev–Trinajstić information content (AvgIpc) is 2.71. The van der Waals surface area contributed by atoms with Crippen molar-refractivity contribution in [2.45, 2.75) is 32.4 Å². The van der Waals surface area contributed by atoms with Gasteiger partial charge in [0.15, 0.2) is 0 Å². The fourth-order valence-corrected chi connectivity index (χ4v) is 2.23. The van der Waals surface area contributed by atoms with E-state index in [0.29, 0.717) is 5.92 Å². The molecule has 1 unspecified atom stereocenters. The van der Waals surface area contributed by atoms with Crippen LogP contribution in [0.5, 0.6) is 0 Å². The Morgan fingerprint density at radius 2 is 2.27 bits per heavy atom. The quantitative estimate of drug-likeness (QED) is 0.825. The van der Waals surface area contributed by atoms with E-state index in [-0.39, 0.29) is 6.10 Å². The number of hydrogen-bond acceptors (Lipinski definition) is 3. The van der Waals surface area contributed by atoms with Crippen LogP contribution in [0.2, 0.25) is 0 Å². The first-order valence-corrected chi connectivity index (χ1v) is 5.67. The molecule has 1 aliphatic heterocycles. The Kier molecular flexibility index (Phi) is 3.44. The molecule has 0 spiro atoms. The fraction of sp³-hybridized carbons (Fsp3) is 0.667. The van der Waals surface area contributed by atoms with Gasteiger partial charge in [-0.3, -0.25) is 4.90 Å². The minimum Gasteiger partial charge on any atom is -0.472 e. The van der Waals surface area contributed by atoms with E-state index in [1.165, 1.54) is 5.56 Å². The van der Waals surface area contributed by atoms with E-state index in [1.807, 2.05) is 13.0 Å². The van der Waals surface area contributed by atoms with Crippen LogP contribution >= 0.6 is 0 Å². The molecule has 84 valence electrons. The van der Waals surface area contributed by atoms with E-state index in [2.05, 4.69) is 4.90 Å². The summed E-state index contributed by atoms with van der Waals surface area (Å²) in [5, 5.41) is 9.49. The van der Waals surface area contributed by atoms with Crippen LogP contribution in [0.1, 0.15) is 25.3 Å². The van der Waals surface area contributed by atoms with Crippen LogP contribution in [0.3, 0.4) is 0 Å². The summed E-state index contributed by atoms with van der Waals surface area (Å²) in [4.78, 5) is 2.42. The van der Waals surface area contributed by atoms with Gasteiger partial charge in [-0.2, -0.15) is 0 Å². The summed E-state index contributed by atoms with van der Waals surface area (Å²) in [5.74, 6) is 0.491. The number of aliphatic hydroxyl groups is 1. The van der Waals surface area contributed by atoms with Crippen molar-refractivity contribution in [2.24, 2.45) is 5.92 Å². The molecule has 2 rings (SSSR count). The van der Waals surface area contributed by atoms with Gasteiger partial charge in [0.2, 0.25) is 0 Å². The van der Waals surface area contributed by atoms with Crippen LogP contribution in [0.4, 0.5) is 0 Å². The molecule has 0 aliphatic carbocycles. The Labute approximate surface area is 90.7 Å². The van der Waals surface area contributed by atoms with Gasteiger partial charge in [0, 0.05) is 12.1 Å². The highest BCUT2D eigenvalue weighted by Gasteiger charge is 2.22. The Balaban J connectivity index is 1.79. The second-order valence-corrected chi connectivity index (χ2v) is 4.49. The molecule has 0 saturated carbocycles. The van der Waals surface area contributed by atoms with E-state index in [9.17, 15) is 5.11 Å². The molecule has 1 fully saturated rings. The second kappa shape index (κ2) is 4.81. The Hall–Kier alpha value is -0.800. The molecule has 1 aromatic rings. The predicted molar refractivity (Wildman–Crippen MR) is 58.4 cm³/mol. The summed E-state index contributed by atoms with van der Waals surface area (Å²) in [6, 6.07) is 2.01. The number of likely N-dealkylation sites (tertiary alicyclic amines) is 1. The van der Waals surface area contributed by atoms with Crippen molar-refractivity contribution in [1.29, 1.82) is 0 Å². The summed E-state index contributed by atoms with van der Waals surface area (Å²) in [7, 11) is 0. The first-order chi connectivity index (χ1) is 7.25. The van der Waals surface area contributed by atoms with E-state index in [0.717, 1.165) is 32.5 Å². The minimum absolute atomic E-state index is 0.152. The zero-order chi connectivity index (χ0) is 10.7. The lowest BCUT2D eigenvalue weighted by molar-refractivity contribution is 0.0695. The number of nitrogens with zero attached hydrogens (tertiary/aromatic N) is 1. The molecule has 1 atom stereocenters. The Morgan fingerprint density at radius 1 is 1.53 bits per heavy atom. The highest BCUT2D eigenvalue weighted by Crippen LogP contribution is 2.21. The molecule has 1 N–H and O–H groups in total. The summed E-state index contributed by atoms with van der Waals surface area (Å²) >= 11 is 0. The lowest BCUT2D eigenvalue weighted by atomic mass is 9.92. The van der Waals surface area contributed by atoms with Gasteiger partial charge in [-0.1, -0.05) is 0 Å². The van der Waals surface area contributed by atoms with Gasteiger partial charge in [-0.25, -0.2) is 0 Å². The van der Waals surface area contributed by atoms with Crippen LogP contribution in [0, 0.1) is 5.92 Å². The number of furan rings is 1. The second-order valence-electron chi connectivity index (χ2n) is 4.49. The molecule has 3 heteroatoms. The van der Waals surface area contributed by atoms with Gasteiger partial charge < -0.3 is 9.52 Å². The smallest absolute Gasteiger partial charge is 0.0947 e. The molecule has 1 aliphatic rings. The largest absolute Gasteiger partial charge is 0.472 e. The molecular weight excluding hydrogens is 190 g/mol. The zero-order valence-electron chi connectivity index (χ0n) is 9.22. The molecule has 3 nitrogen and oxygen atoms in total. The minimum atomic E-state index is -0.152. The first-order valence-electron chi connectivity index (χ1n) is 5.67. The molecule has 0 amide bonds. The molecule has 0 radical (unpaired) electrons. The maximum Gasteiger partial charge on any atom is 0.0947 e. The summed E-state index contributed by atoms with van der Waals surface area (Å²) < 4.78 is 5.05. The SMILES string of the molecule is CC(O)C1CCN(Cc2ccoc2)CC1. The van der Waals surface area contributed by atoms with Crippen LogP contribution in [0.25, 0.3) is 0 Å². The highest BCUT2D eigenvalue weighted by atomic mass is 16.3. The van der Waals surface area contributed by atoms with Crippen molar-refractivity contribution >= 4 is 0 Å². The number of piperidine rings is 1. The predicted octanol–water partition coefficient (Wildman–Crippen LogP) is 1.87. The van der Waals surface area contributed by atoms with Gasteiger partial charge >= 0.3 is 0 Å². The Morgan fingerprint density at radius 3 is 2.80 bits per heavy atom. The molecule has 1 saturated heterocycles.